The monoisotopic (exact) mass is 308 g/mol. The number of aromatic carboxylic acids is 1. The van der Waals surface area contributed by atoms with E-state index in [4.69, 9.17) is 4.74 Å². The summed E-state index contributed by atoms with van der Waals surface area (Å²) in [7, 11) is 1.58. The molecule has 0 saturated carbocycles. The Bertz CT molecular complexity index is 868. The summed E-state index contributed by atoms with van der Waals surface area (Å²) in [6, 6.07) is 15.2. The summed E-state index contributed by atoms with van der Waals surface area (Å²) in [4.78, 5) is 15.7. The SMILES string of the molecule is COc1ccccc1-n1cc(C(=O)O)nc1-c1ccccc1C. The molecule has 23 heavy (non-hydrogen) atoms. The molecule has 1 N–H and O–H groups in total. The highest BCUT2D eigenvalue weighted by atomic mass is 16.5. The summed E-state index contributed by atoms with van der Waals surface area (Å²) >= 11 is 0. The van der Waals surface area contributed by atoms with Crippen LogP contribution in [0.4, 0.5) is 0 Å². The largest absolute Gasteiger partial charge is 0.495 e. The van der Waals surface area contributed by atoms with Gasteiger partial charge in [-0.15, -0.1) is 0 Å². The van der Waals surface area contributed by atoms with Crippen molar-refractivity contribution in [2.75, 3.05) is 7.11 Å². The number of nitrogens with zero attached hydrogens (tertiary/aromatic N) is 2. The van der Waals surface area contributed by atoms with Gasteiger partial charge in [-0.2, -0.15) is 0 Å². The average molecular weight is 308 g/mol. The van der Waals surface area contributed by atoms with Gasteiger partial charge in [0.05, 0.1) is 12.8 Å². The lowest BCUT2D eigenvalue weighted by molar-refractivity contribution is 0.0691. The summed E-state index contributed by atoms with van der Waals surface area (Å²) in [6.45, 7) is 1.97. The van der Waals surface area contributed by atoms with Crippen LogP contribution in [0.5, 0.6) is 5.75 Å². The van der Waals surface area contributed by atoms with Crippen LogP contribution >= 0.6 is 0 Å². The third kappa shape index (κ3) is 2.68. The Kier molecular flexibility index (Phi) is 3.85. The molecule has 3 rings (SSSR count). The van der Waals surface area contributed by atoms with Crippen LogP contribution in [0.15, 0.2) is 54.7 Å². The van der Waals surface area contributed by atoms with Gasteiger partial charge in [-0.3, -0.25) is 4.57 Å². The highest BCUT2D eigenvalue weighted by Crippen LogP contribution is 2.30. The second-order valence-corrected chi connectivity index (χ2v) is 5.11. The lowest BCUT2D eigenvalue weighted by atomic mass is 10.1. The third-order valence-electron chi connectivity index (χ3n) is 3.66. The van der Waals surface area contributed by atoms with E-state index < -0.39 is 5.97 Å². The van der Waals surface area contributed by atoms with E-state index in [2.05, 4.69) is 4.98 Å². The Labute approximate surface area is 133 Å². The minimum Gasteiger partial charge on any atom is -0.495 e. The van der Waals surface area contributed by atoms with E-state index in [9.17, 15) is 9.90 Å². The van der Waals surface area contributed by atoms with E-state index in [1.54, 1.807) is 11.7 Å². The van der Waals surface area contributed by atoms with Crippen LogP contribution in [0.2, 0.25) is 0 Å². The number of para-hydroxylation sites is 2. The highest BCUT2D eigenvalue weighted by Gasteiger charge is 2.18. The molecule has 0 bridgehead atoms. The Morgan fingerprint density at radius 3 is 2.52 bits per heavy atom. The lowest BCUT2D eigenvalue weighted by Gasteiger charge is -2.13. The molecule has 0 saturated heterocycles. The summed E-state index contributed by atoms with van der Waals surface area (Å²) in [6.07, 6.45) is 1.52. The number of hydrogen-bond donors (Lipinski definition) is 1. The third-order valence-corrected chi connectivity index (χ3v) is 3.66. The summed E-state index contributed by atoms with van der Waals surface area (Å²) < 4.78 is 7.15. The minimum absolute atomic E-state index is 0.00541. The molecule has 0 aliphatic heterocycles. The molecule has 0 amide bonds. The van der Waals surface area contributed by atoms with Gasteiger partial charge in [0.15, 0.2) is 5.69 Å². The molecule has 0 fully saturated rings. The molecular formula is C18H16N2O3. The van der Waals surface area contributed by atoms with Gasteiger partial charge in [0.2, 0.25) is 0 Å². The zero-order valence-electron chi connectivity index (χ0n) is 12.9. The van der Waals surface area contributed by atoms with E-state index >= 15 is 0 Å². The molecule has 5 nitrogen and oxygen atoms in total. The van der Waals surface area contributed by atoms with Crippen LogP contribution in [-0.2, 0) is 0 Å². The highest BCUT2D eigenvalue weighted by molar-refractivity contribution is 5.86. The molecule has 5 heteroatoms. The first-order valence-corrected chi connectivity index (χ1v) is 7.14. The zero-order chi connectivity index (χ0) is 16.4. The molecule has 0 aliphatic rings. The Balaban J connectivity index is 2.28. The second kappa shape index (κ2) is 5.96. The van der Waals surface area contributed by atoms with Crippen molar-refractivity contribution < 1.29 is 14.6 Å². The first kappa shape index (κ1) is 14.8. The van der Waals surface area contributed by atoms with Crippen molar-refractivity contribution >= 4 is 5.97 Å². The molecule has 116 valence electrons. The number of benzene rings is 2. The molecule has 0 radical (unpaired) electrons. The van der Waals surface area contributed by atoms with Gasteiger partial charge in [-0.1, -0.05) is 36.4 Å². The number of rotatable bonds is 4. The minimum atomic E-state index is -1.06. The Morgan fingerprint density at radius 1 is 1.13 bits per heavy atom. The first-order chi connectivity index (χ1) is 11.1. The number of ether oxygens (including phenoxy) is 1. The predicted molar refractivity (Wildman–Crippen MR) is 87.2 cm³/mol. The number of aryl methyl sites for hydroxylation is 1. The van der Waals surface area contributed by atoms with Crippen LogP contribution in [-0.4, -0.2) is 27.7 Å². The van der Waals surface area contributed by atoms with Crippen molar-refractivity contribution in [3.63, 3.8) is 0 Å². The van der Waals surface area contributed by atoms with E-state index in [1.165, 1.54) is 6.20 Å². The molecule has 3 aromatic rings. The second-order valence-electron chi connectivity index (χ2n) is 5.11. The van der Waals surface area contributed by atoms with Gasteiger partial charge < -0.3 is 9.84 Å². The number of carboxylic acids is 1. The molecular weight excluding hydrogens is 292 g/mol. The number of aromatic nitrogens is 2. The molecule has 0 atom stereocenters. The predicted octanol–water partition coefficient (Wildman–Crippen LogP) is 3.55. The van der Waals surface area contributed by atoms with E-state index in [-0.39, 0.29) is 5.69 Å². The molecule has 1 aromatic heterocycles. The molecule has 2 aromatic carbocycles. The van der Waals surface area contributed by atoms with Gasteiger partial charge in [0.25, 0.3) is 0 Å². The molecule has 1 heterocycles. The van der Waals surface area contributed by atoms with Crippen molar-refractivity contribution in [2.45, 2.75) is 6.92 Å². The Hall–Kier alpha value is -3.08. The number of carbonyl (C=O) groups is 1. The smallest absolute Gasteiger partial charge is 0.356 e. The molecule has 0 unspecified atom stereocenters. The van der Waals surface area contributed by atoms with Crippen molar-refractivity contribution in [3.05, 3.63) is 66.0 Å². The van der Waals surface area contributed by atoms with Crippen LogP contribution in [0, 0.1) is 6.92 Å². The van der Waals surface area contributed by atoms with Gasteiger partial charge >= 0.3 is 5.97 Å². The van der Waals surface area contributed by atoms with Crippen molar-refractivity contribution in [3.8, 4) is 22.8 Å². The maximum absolute atomic E-state index is 11.4. The van der Waals surface area contributed by atoms with Crippen LogP contribution in [0.3, 0.4) is 0 Å². The number of methoxy groups -OCH3 is 1. The van der Waals surface area contributed by atoms with E-state index in [0.29, 0.717) is 11.6 Å². The topological polar surface area (TPSA) is 64.3 Å². The Morgan fingerprint density at radius 2 is 1.83 bits per heavy atom. The first-order valence-electron chi connectivity index (χ1n) is 7.14. The summed E-state index contributed by atoms with van der Waals surface area (Å²) in [5.74, 6) is 0.162. The average Bonchev–Trinajstić information content (AvgIpc) is 3.00. The normalized spacial score (nSPS) is 10.5. The van der Waals surface area contributed by atoms with Crippen molar-refractivity contribution in [1.29, 1.82) is 0 Å². The fourth-order valence-corrected chi connectivity index (χ4v) is 2.51. The van der Waals surface area contributed by atoms with Crippen molar-refractivity contribution in [2.24, 2.45) is 0 Å². The van der Waals surface area contributed by atoms with Gasteiger partial charge in [-0.25, -0.2) is 9.78 Å². The quantitative estimate of drug-likeness (QED) is 0.800. The summed E-state index contributed by atoms with van der Waals surface area (Å²) in [5.41, 5.74) is 2.64. The van der Waals surface area contributed by atoms with Crippen LogP contribution < -0.4 is 4.74 Å². The van der Waals surface area contributed by atoms with E-state index in [1.807, 2.05) is 55.5 Å². The lowest BCUT2D eigenvalue weighted by Crippen LogP contribution is -2.00. The van der Waals surface area contributed by atoms with Crippen LogP contribution in [0.25, 0.3) is 17.1 Å². The van der Waals surface area contributed by atoms with Crippen molar-refractivity contribution in [1.82, 2.24) is 9.55 Å². The molecule has 0 aliphatic carbocycles. The van der Waals surface area contributed by atoms with Crippen LogP contribution in [0.1, 0.15) is 16.1 Å². The van der Waals surface area contributed by atoms with Gasteiger partial charge in [0.1, 0.15) is 11.6 Å². The number of imidazole rings is 1. The fraction of sp³-hybridized carbons (Fsp3) is 0.111. The standard InChI is InChI=1S/C18H16N2O3/c1-12-7-3-4-8-13(12)17-19-14(18(21)22)11-20(17)15-9-5-6-10-16(15)23-2/h3-11H,1-2H3,(H,21,22). The van der Waals surface area contributed by atoms with Gasteiger partial charge in [-0.05, 0) is 24.6 Å². The number of hydrogen-bond acceptors (Lipinski definition) is 3. The maximum Gasteiger partial charge on any atom is 0.356 e. The van der Waals surface area contributed by atoms with Gasteiger partial charge in [0, 0.05) is 11.8 Å². The van der Waals surface area contributed by atoms with E-state index in [0.717, 1.165) is 16.8 Å². The zero-order valence-corrected chi connectivity index (χ0v) is 12.9. The fourth-order valence-electron chi connectivity index (χ4n) is 2.51. The molecule has 0 spiro atoms. The summed E-state index contributed by atoms with van der Waals surface area (Å²) in [5, 5.41) is 9.31. The maximum atomic E-state index is 11.4. The number of carboxylic acid groups (broad SMARTS) is 1.